The van der Waals surface area contributed by atoms with Crippen LogP contribution in [0.3, 0.4) is 0 Å². The van der Waals surface area contributed by atoms with Gasteiger partial charge in [0.15, 0.2) is 0 Å². The molecular formula is C9H15BrN2. The van der Waals surface area contributed by atoms with Gasteiger partial charge in [-0.2, -0.15) is 5.10 Å². The molecule has 0 aliphatic heterocycles. The molecule has 0 fully saturated rings. The van der Waals surface area contributed by atoms with Gasteiger partial charge in [-0.05, 0) is 22.9 Å². The van der Waals surface area contributed by atoms with Gasteiger partial charge in [0, 0.05) is 12.0 Å². The minimum absolute atomic E-state index is 0.158. The van der Waals surface area contributed by atoms with Crippen LogP contribution in [0.4, 0.5) is 0 Å². The lowest BCUT2D eigenvalue weighted by Crippen LogP contribution is -2.18. The first kappa shape index (κ1) is 9.78. The first-order valence-corrected chi connectivity index (χ1v) is 4.98. The highest BCUT2D eigenvalue weighted by Gasteiger charge is 2.21. The van der Waals surface area contributed by atoms with E-state index in [0.29, 0.717) is 0 Å². The summed E-state index contributed by atoms with van der Waals surface area (Å²) in [6.07, 6.45) is 1.87. The molecular weight excluding hydrogens is 216 g/mol. The molecule has 1 aromatic heterocycles. The minimum Gasteiger partial charge on any atom is -0.268 e. The molecule has 1 rings (SSSR count). The van der Waals surface area contributed by atoms with Crippen molar-refractivity contribution in [1.82, 2.24) is 9.78 Å². The van der Waals surface area contributed by atoms with E-state index in [4.69, 9.17) is 0 Å². The molecule has 2 nitrogen and oxygen atoms in total. The van der Waals surface area contributed by atoms with E-state index in [1.54, 1.807) is 0 Å². The Morgan fingerprint density at radius 1 is 1.50 bits per heavy atom. The van der Waals surface area contributed by atoms with Crippen molar-refractivity contribution in [3.05, 3.63) is 16.4 Å². The third kappa shape index (κ3) is 1.71. The predicted molar refractivity (Wildman–Crippen MR) is 54.3 cm³/mol. The number of halogens is 1. The lowest BCUT2D eigenvalue weighted by atomic mass is 9.92. The van der Waals surface area contributed by atoms with Crippen molar-refractivity contribution in [2.75, 3.05) is 0 Å². The molecule has 0 atom stereocenters. The van der Waals surface area contributed by atoms with Crippen molar-refractivity contribution in [1.29, 1.82) is 0 Å². The number of rotatable bonds is 1. The molecule has 0 unspecified atom stereocenters. The summed E-state index contributed by atoms with van der Waals surface area (Å²) in [6.45, 7) is 9.62. The molecule has 0 spiro atoms. The van der Waals surface area contributed by atoms with E-state index in [9.17, 15) is 0 Å². The third-order valence-electron chi connectivity index (χ3n) is 1.80. The van der Waals surface area contributed by atoms with Crippen LogP contribution in [0.15, 0.2) is 10.7 Å². The number of aromatic nitrogens is 2. The Kier molecular flexibility index (Phi) is 2.61. The van der Waals surface area contributed by atoms with Gasteiger partial charge in [-0.1, -0.05) is 20.8 Å². The maximum atomic E-state index is 4.27. The Morgan fingerprint density at radius 3 is 2.42 bits per heavy atom. The van der Waals surface area contributed by atoms with E-state index in [-0.39, 0.29) is 5.41 Å². The number of hydrogen-bond donors (Lipinski definition) is 0. The molecule has 0 saturated carbocycles. The summed E-state index contributed by atoms with van der Waals surface area (Å²) >= 11 is 3.51. The number of aryl methyl sites for hydroxylation is 1. The molecule has 0 aliphatic rings. The Balaban J connectivity index is 3.19. The van der Waals surface area contributed by atoms with Crippen LogP contribution in [0.2, 0.25) is 0 Å². The molecule has 0 aliphatic carbocycles. The highest BCUT2D eigenvalue weighted by Crippen LogP contribution is 2.29. The van der Waals surface area contributed by atoms with Crippen LogP contribution in [-0.2, 0) is 12.0 Å². The summed E-state index contributed by atoms with van der Waals surface area (Å²) in [4.78, 5) is 0. The van der Waals surface area contributed by atoms with Crippen molar-refractivity contribution in [3.63, 3.8) is 0 Å². The van der Waals surface area contributed by atoms with Crippen molar-refractivity contribution in [3.8, 4) is 0 Å². The van der Waals surface area contributed by atoms with E-state index in [1.807, 2.05) is 10.9 Å². The summed E-state index contributed by atoms with van der Waals surface area (Å²) in [5.74, 6) is 0. The SMILES string of the molecule is CCn1ncc(Br)c1C(C)(C)C. The van der Waals surface area contributed by atoms with Gasteiger partial charge in [0.2, 0.25) is 0 Å². The lowest BCUT2D eigenvalue weighted by Gasteiger charge is -2.20. The molecule has 0 radical (unpaired) electrons. The van der Waals surface area contributed by atoms with Crippen molar-refractivity contribution in [2.45, 2.75) is 39.7 Å². The summed E-state index contributed by atoms with van der Waals surface area (Å²) in [5, 5.41) is 4.27. The molecule has 12 heavy (non-hydrogen) atoms. The van der Waals surface area contributed by atoms with E-state index < -0.39 is 0 Å². The van der Waals surface area contributed by atoms with Crippen LogP contribution in [0, 0.1) is 0 Å². The van der Waals surface area contributed by atoms with Gasteiger partial charge in [-0.15, -0.1) is 0 Å². The zero-order valence-electron chi connectivity index (χ0n) is 8.06. The molecule has 3 heteroatoms. The molecule has 0 amide bonds. The minimum atomic E-state index is 0.158. The molecule has 0 aromatic carbocycles. The normalized spacial score (nSPS) is 12.1. The Labute approximate surface area is 82.1 Å². The topological polar surface area (TPSA) is 17.8 Å². The van der Waals surface area contributed by atoms with E-state index in [2.05, 4.69) is 48.7 Å². The summed E-state index contributed by atoms with van der Waals surface area (Å²) in [6, 6.07) is 0. The third-order valence-corrected chi connectivity index (χ3v) is 2.39. The zero-order chi connectivity index (χ0) is 9.35. The lowest BCUT2D eigenvalue weighted by molar-refractivity contribution is 0.496. The van der Waals surface area contributed by atoms with Gasteiger partial charge < -0.3 is 0 Å². The maximum Gasteiger partial charge on any atom is 0.0635 e. The van der Waals surface area contributed by atoms with Gasteiger partial charge in [-0.25, -0.2) is 0 Å². The second-order valence-electron chi connectivity index (χ2n) is 3.91. The van der Waals surface area contributed by atoms with Gasteiger partial charge >= 0.3 is 0 Å². The van der Waals surface area contributed by atoms with Crippen LogP contribution in [0.5, 0.6) is 0 Å². The molecule has 0 N–H and O–H groups in total. The van der Waals surface area contributed by atoms with E-state index in [0.717, 1.165) is 11.0 Å². The van der Waals surface area contributed by atoms with E-state index in [1.165, 1.54) is 5.69 Å². The highest BCUT2D eigenvalue weighted by atomic mass is 79.9. The van der Waals surface area contributed by atoms with Gasteiger partial charge in [-0.3, -0.25) is 4.68 Å². The molecule has 1 heterocycles. The molecule has 1 aromatic rings. The number of nitrogens with zero attached hydrogens (tertiary/aromatic N) is 2. The van der Waals surface area contributed by atoms with Crippen molar-refractivity contribution < 1.29 is 0 Å². The fourth-order valence-corrected chi connectivity index (χ4v) is 2.24. The zero-order valence-corrected chi connectivity index (χ0v) is 9.64. The average Bonchev–Trinajstić information content (AvgIpc) is 2.29. The van der Waals surface area contributed by atoms with Crippen molar-refractivity contribution >= 4 is 15.9 Å². The average molecular weight is 231 g/mol. The second-order valence-corrected chi connectivity index (χ2v) is 4.76. The summed E-state index contributed by atoms with van der Waals surface area (Å²) < 4.78 is 3.14. The van der Waals surface area contributed by atoms with Crippen LogP contribution in [0.1, 0.15) is 33.4 Å². The monoisotopic (exact) mass is 230 g/mol. The van der Waals surface area contributed by atoms with Crippen molar-refractivity contribution in [2.24, 2.45) is 0 Å². The number of hydrogen-bond acceptors (Lipinski definition) is 1. The quantitative estimate of drug-likeness (QED) is 0.726. The van der Waals surface area contributed by atoms with E-state index >= 15 is 0 Å². The maximum absolute atomic E-state index is 4.27. The molecule has 68 valence electrons. The molecule has 0 bridgehead atoms. The first-order chi connectivity index (χ1) is 5.46. The Morgan fingerprint density at radius 2 is 2.08 bits per heavy atom. The van der Waals surface area contributed by atoms with Crippen LogP contribution in [0.25, 0.3) is 0 Å². The Hall–Kier alpha value is -0.310. The standard InChI is InChI=1S/C9H15BrN2/c1-5-12-8(9(2,3)4)7(10)6-11-12/h6H,5H2,1-4H3. The van der Waals surface area contributed by atoms with Crippen LogP contribution in [-0.4, -0.2) is 9.78 Å². The largest absolute Gasteiger partial charge is 0.268 e. The van der Waals surface area contributed by atoms with Crippen LogP contribution >= 0.6 is 15.9 Å². The highest BCUT2D eigenvalue weighted by molar-refractivity contribution is 9.10. The predicted octanol–water partition coefficient (Wildman–Crippen LogP) is 2.96. The van der Waals surface area contributed by atoms with Gasteiger partial charge in [0.1, 0.15) is 0 Å². The smallest absolute Gasteiger partial charge is 0.0635 e. The second kappa shape index (κ2) is 3.21. The summed E-state index contributed by atoms with van der Waals surface area (Å²) in [7, 11) is 0. The van der Waals surface area contributed by atoms with Crippen LogP contribution < -0.4 is 0 Å². The Bertz CT molecular complexity index is 271. The molecule has 0 saturated heterocycles. The van der Waals surface area contributed by atoms with Gasteiger partial charge in [0.05, 0.1) is 16.4 Å². The fourth-order valence-electron chi connectivity index (χ4n) is 1.35. The summed E-state index contributed by atoms with van der Waals surface area (Å²) in [5.41, 5.74) is 1.43. The first-order valence-electron chi connectivity index (χ1n) is 4.18. The fraction of sp³-hybridized carbons (Fsp3) is 0.667. The van der Waals surface area contributed by atoms with Gasteiger partial charge in [0.25, 0.3) is 0 Å².